The third-order valence-corrected chi connectivity index (χ3v) is 8.35. The number of anilines is 1. The molecule has 0 spiro atoms. The van der Waals surface area contributed by atoms with Gasteiger partial charge in [-0.3, -0.25) is 14.2 Å². The Bertz CT molecular complexity index is 1450. The zero-order valence-electron chi connectivity index (χ0n) is 16.8. The van der Waals surface area contributed by atoms with Gasteiger partial charge in [-0.1, -0.05) is 12.1 Å². The Hall–Kier alpha value is -3.09. The molecule has 0 bridgehead atoms. The highest BCUT2D eigenvalue weighted by Gasteiger charge is 2.31. The average Bonchev–Trinajstić information content (AvgIpc) is 3.08. The monoisotopic (exact) mass is 476 g/mol. The van der Waals surface area contributed by atoms with E-state index in [-0.39, 0.29) is 34.9 Å². The Morgan fingerprint density at radius 3 is 2.53 bits per heavy atom. The number of carbonyl (C=O) groups is 1. The molecule has 1 unspecified atom stereocenters. The summed E-state index contributed by atoms with van der Waals surface area (Å²) in [7, 11) is -7.11. The number of amides is 1. The lowest BCUT2D eigenvalue weighted by molar-refractivity contribution is -0.116. The number of hydrogen-bond acceptors (Lipinski definition) is 7. The van der Waals surface area contributed by atoms with Gasteiger partial charge < -0.3 is 5.32 Å². The topological polar surface area (TPSA) is 144 Å². The molecular formula is C20H20N4O6S2. The predicted molar refractivity (Wildman–Crippen MR) is 118 cm³/mol. The number of sulfonamides is 1. The number of rotatable bonds is 6. The molecule has 4 rings (SSSR count). The van der Waals surface area contributed by atoms with E-state index in [2.05, 4.69) is 15.0 Å². The molecule has 0 saturated carbocycles. The second-order valence-electron chi connectivity index (χ2n) is 7.49. The van der Waals surface area contributed by atoms with Crippen molar-refractivity contribution in [3.05, 3.63) is 65.2 Å². The Balaban J connectivity index is 1.42. The van der Waals surface area contributed by atoms with Gasteiger partial charge in [0.05, 0.1) is 33.6 Å². The van der Waals surface area contributed by atoms with Gasteiger partial charge in [0.1, 0.15) is 6.54 Å². The molecule has 0 radical (unpaired) electrons. The highest BCUT2D eigenvalue weighted by molar-refractivity contribution is 7.92. The highest BCUT2D eigenvalue weighted by atomic mass is 32.2. The second kappa shape index (κ2) is 8.45. The molecule has 2 N–H and O–H groups in total. The van der Waals surface area contributed by atoms with E-state index < -0.39 is 31.8 Å². The van der Waals surface area contributed by atoms with E-state index in [0.717, 1.165) is 0 Å². The molecule has 1 fully saturated rings. The van der Waals surface area contributed by atoms with Crippen LogP contribution in [-0.4, -0.2) is 49.8 Å². The van der Waals surface area contributed by atoms with E-state index in [1.165, 1.54) is 35.2 Å². The zero-order valence-corrected chi connectivity index (χ0v) is 18.4. The number of nitrogens with zero attached hydrogens (tertiary/aromatic N) is 2. The number of sulfone groups is 1. The van der Waals surface area contributed by atoms with Crippen LogP contribution in [0.1, 0.15) is 6.42 Å². The fraction of sp³-hybridized carbons (Fsp3) is 0.250. The molecule has 1 aromatic heterocycles. The van der Waals surface area contributed by atoms with Crippen molar-refractivity contribution in [2.75, 3.05) is 16.8 Å². The van der Waals surface area contributed by atoms with Crippen molar-refractivity contribution in [2.45, 2.75) is 23.9 Å². The number of para-hydroxylation sites is 1. The lowest BCUT2D eigenvalue weighted by Gasteiger charge is -2.12. The smallest absolute Gasteiger partial charge is 0.261 e. The molecule has 12 heteroatoms. The van der Waals surface area contributed by atoms with Crippen LogP contribution in [0.2, 0.25) is 0 Å². The molecule has 1 saturated heterocycles. The molecule has 1 atom stereocenters. The summed E-state index contributed by atoms with van der Waals surface area (Å²) in [5.74, 6) is -0.737. The van der Waals surface area contributed by atoms with Crippen molar-refractivity contribution < 1.29 is 21.6 Å². The molecule has 168 valence electrons. The van der Waals surface area contributed by atoms with Gasteiger partial charge in [0.25, 0.3) is 5.56 Å². The fourth-order valence-electron chi connectivity index (χ4n) is 3.47. The molecule has 2 aromatic carbocycles. The van der Waals surface area contributed by atoms with Gasteiger partial charge in [0.15, 0.2) is 9.84 Å². The van der Waals surface area contributed by atoms with Gasteiger partial charge in [-0.25, -0.2) is 26.5 Å². The first-order valence-electron chi connectivity index (χ1n) is 9.70. The molecule has 3 aromatic rings. The molecular weight excluding hydrogens is 456 g/mol. The number of benzene rings is 2. The van der Waals surface area contributed by atoms with Crippen molar-refractivity contribution in [2.24, 2.45) is 0 Å². The summed E-state index contributed by atoms with van der Waals surface area (Å²) >= 11 is 0. The Kier molecular flexibility index (Phi) is 5.84. The van der Waals surface area contributed by atoms with E-state index in [9.17, 15) is 26.4 Å². The molecule has 0 aliphatic carbocycles. The van der Waals surface area contributed by atoms with Crippen LogP contribution in [0.5, 0.6) is 0 Å². The second-order valence-corrected chi connectivity index (χ2v) is 11.4. The van der Waals surface area contributed by atoms with E-state index >= 15 is 0 Å². The quantitative estimate of drug-likeness (QED) is 0.527. The molecule has 32 heavy (non-hydrogen) atoms. The Morgan fingerprint density at radius 2 is 1.84 bits per heavy atom. The molecule has 1 aliphatic heterocycles. The minimum atomic E-state index is -3.89. The highest BCUT2D eigenvalue weighted by Crippen LogP contribution is 2.18. The summed E-state index contributed by atoms with van der Waals surface area (Å²) in [5.41, 5.74) is 0.543. The van der Waals surface area contributed by atoms with Crippen LogP contribution >= 0.6 is 0 Å². The predicted octanol–water partition coefficient (Wildman–Crippen LogP) is 0.501. The van der Waals surface area contributed by atoms with Crippen molar-refractivity contribution in [1.82, 2.24) is 14.3 Å². The van der Waals surface area contributed by atoms with Crippen LogP contribution in [0, 0.1) is 0 Å². The summed E-state index contributed by atoms with van der Waals surface area (Å²) in [6.45, 7) is -0.256. The van der Waals surface area contributed by atoms with Crippen LogP contribution < -0.4 is 15.6 Å². The lowest BCUT2D eigenvalue weighted by Crippen LogP contribution is -2.35. The Labute approximate surface area is 184 Å². The van der Waals surface area contributed by atoms with E-state index in [1.54, 1.807) is 24.3 Å². The molecule has 1 amide bonds. The third kappa shape index (κ3) is 4.87. The van der Waals surface area contributed by atoms with Gasteiger partial charge in [-0.2, -0.15) is 0 Å². The SMILES string of the molecule is O=C(Cn1cnc2ccccc2c1=O)Nc1ccc(S(=O)(=O)NC2CCS(=O)(=O)C2)cc1. The first-order chi connectivity index (χ1) is 15.1. The summed E-state index contributed by atoms with van der Waals surface area (Å²) in [4.78, 5) is 29.0. The number of fused-ring (bicyclic) bond motifs is 1. The minimum Gasteiger partial charge on any atom is -0.325 e. The Morgan fingerprint density at radius 1 is 1.12 bits per heavy atom. The maximum absolute atomic E-state index is 12.5. The molecule has 1 aliphatic rings. The average molecular weight is 477 g/mol. The zero-order chi connectivity index (χ0) is 22.9. The van der Waals surface area contributed by atoms with Gasteiger partial charge in [-0.05, 0) is 42.8 Å². The number of carbonyl (C=O) groups excluding carboxylic acids is 1. The standard InChI is InChI=1S/C20H20N4O6S2/c25-19(11-24-13-21-18-4-2-1-3-17(18)20(24)26)22-14-5-7-16(8-6-14)32(29,30)23-15-9-10-31(27,28)12-15/h1-8,13,15,23H,9-12H2,(H,22,25). The summed E-state index contributed by atoms with van der Waals surface area (Å²) in [6.07, 6.45) is 1.54. The third-order valence-electron chi connectivity index (χ3n) is 5.05. The van der Waals surface area contributed by atoms with Crippen molar-refractivity contribution in [1.29, 1.82) is 0 Å². The van der Waals surface area contributed by atoms with Gasteiger partial charge in [0.2, 0.25) is 15.9 Å². The van der Waals surface area contributed by atoms with Crippen LogP contribution in [0.25, 0.3) is 10.9 Å². The van der Waals surface area contributed by atoms with Crippen LogP contribution in [0.3, 0.4) is 0 Å². The number of aromatic nitrogens is 2. The molecule has 10 nitrogen and oxygen atoms in total. The first kappa shape index (κ1) is 22.1. The summed E-state index contributed by atoms with van der Waals surface area (Å²) in [5, 5.41) is 3.01. The van der Waals surface area contributed by atoms with Crippen molar-refractivity contribution in [3.63, 3.8) is 0 Å². The van der Waals surface area contributed by atoms with Crippen LogP contribution in [0.15, 0.2) is 64.5 Å². The van der Waals surface area contributed by atoms with Crippen LogP contribution in [-0.2, 0) is 31.2 Å². The lowest BCUT2D eigenvalue weighted by atomic mass is 10.2. The summed E-state index contributed by atoms with van der Waals surface area (Å²) < 4.78 is 51.6. The largest absolute Gasteiger partial charge is 0.325 e. The normalized spacial score (nSPS) is 17.9. The van der Waals surface area contributed by atoms with Crippen molar-refractivity contribution in [3.8, 4) is 0 Å². The van der Waals surface area contributed by atoms with E-state index in [0.29, 0.717) is 16.6 Å². The van der Waals surface area contributed by atoms with Gasteiger partial charge in [0, 0.05) is 11.7 Å². The number of hydrogen-bond donors (Lipinski definition) is 2. The van der Waals surface area contributed by atoms with Gasteiger partial charge in [-0.15, -0.1) is 0 Å². The molecule has 2 heterocycles. The summed E-state index contributed by atoms with van der Waals surface area (Å²) in [6, 6.07) is 11.6. The minimum absolute atomic E-state index is 0.0407. The van der Waals surface area contributed by atoms with Crippen LogP contribution in [0.4, 0.5) is 5.69 Å². The number of nitrogens with one attached hydrogen (secondary N) is 2. The van der Waals surface area contributed by atoms with E-state index in [4.69, 9.17) is 0 Å². The maximum atomic E-state index is 12.5. The first-order valence-corrected chi connectivity index (χ1v) is 13.0. The van der Waals surface area contributed by atoms with Crippen molar-refractivity contribution >= 4 is 42.4 Å². The maximum Gasteiger partial charge on any atom is 0.261 e. The van der Waals surface area contributed by atoms with Gasteiger partial charge >= 0.3 is 0 Å². The fourth-order valence-corrected chi connectivity index (χ4v) is 6.52. The van der Waals surface area contributed by atoms with E-state index in [1.807, 2.05) is 0 Å².